The monoisotopic (exact) mass is 622 g/mol. The summed E-state index contributed by atoms with van der Waals surface area (Å²) in [5, 5.41) is 38.1. The number of nitrogens with two attached hydrogens (primary N) is 1. The van der Waals surface area contributed by atoms with Crippen LogP contribution in [-0.4, -0.2) is 74.0 Å². The molecular weight excluding hydrogens is 564 g/mol. The van der Waals surface area contributed by atoms with Crippen LogP contribution in [-0.2, 0) is 16.0 Å². The summed E-state index contributed by atoms with van der Waals surface area (Å²) in [5.74, 6) is -0.300. The molecule has 2 aliphatic rings. The summed E-state index contributed by atoms with van der Waals surface area (Å²) in [7, 11) is 0. The normalized spacial score (nSPS) is 20.0. The fraction of sp³-hybridized carbons (Fsp3) is 0.848. The van der Waals surface area contributed by atoms with E-state index in [-0.39, 0.29) is 37.1 Å². The number of aliphatic hydroxyl groups is 3. The van der Waals surface area contributed by atoms with Crippen molar-refractivity contribution in [1.82, 2.24) is 15.2 Å². The molecule has 0 radical (unpaired) electrons. The smallest absolute Gasteiger partial charge is 0.226 e. The van der Waals surface area contributed by atoms with Gasteiger partial charge < -0.3 is 31.3 Å². The van der Waals surface area contributed by atoms with Crippen molar-refractivity contribution in [2.24, 2.45) is 23.7 Å². The van der Waals surface area contributed by atoms with Crippen LogP contribution in [0.5, 0.6) is 0 Å². The van der Waals surface area contributed by atoms with E-state index in [1.807, 2.05) is 24.1 Å². The SMILES string of the molecule is CC(C)C[C@H](O)[C@H](O)[C@H](CC1CCCCC1)N(CC1CCCCC1)C(=O)[C@@H](CC(=O)NCC(C)(C)O)Cc1csc(N)n1. The van der Waals surface area contributed by atoms with Crippen molar-refractivity contribution in [2.75, 3.05) is 18.8 Å². The quantitative estimate of drug-likeness (QED) is 0.180. The molecule has 10 heteroatoms. The first-order chi connectivity index (χ1) is 20.3. The zero-order valence-corrected chi connectivity index (χ0v) is 27.8. The van der Waals surface area contributed by atoms with Gasteiger partial charge in [-0.15, -0.1) is 11.3 Å². The lowest BCUT2D eigenvalue weighted by molar-refractivity contribution is -0.147. The van der Waals surface area contributed by atoms with Gasteiger partial charge in [0.2, 0.25) is 11.8 Å². The number of nitrogens with one attached hydrogen (secondary N) is 1. The van der Waals surface area contributed by atoms with Crippen LogP contribution in [0.4, 0.5) is 5.13 Å². The fourth-order valence-corrected chi connectivity index (χ4v) is 7.47. The average Bonchev–Trinajstić information content (AvgIpc) is 3.37. The number of aliphatic hydroxyl groups excluding tert-OH is 2. The summed E-state index contributed by atoms with van der Waals surface area (Å²) in [4.78, 5) is 34.1. The second kappa shape index (κ2) is 17.1. The summed E-state index contributed by atoms with van der Waals surface area (Å²) in [5.41, 5.74) is 5.51. The fourth-order valence-electron chi connectivity index (χ4n) is 6.89. The molecule has 246 valence electrons. The third-order valence-electron chi connectivity index (χ3n) is 9.19. The molecule has 43 heavy (non-hydrogen) atoms. The Morgan fingerprint density at radius 1 is 1.07 bits per heavy atom. The van der Waals surface area contributed by atoms with Gasteiger partial charge in [0.15, 0.2) is 5.13 Å². The van der Waals surface area contributed by atoms with Crippen LogP contribution in [0, 0.1) is 23.7 Å². The van der Waals surface area contributed by atoms with E-state index in [1.165, 1.54) is 24.2 Å². The van der Waals surface area contributed by atoms with E-state index in [9.17, 15) is 24.9 Å². The van der Waals surface area contributed by atoms with E-state index in [4.69, 9.17) is 5.73 Å². The number of nitrogen functional groups attached to an aromatic ring is 1. The van der Waals surface area contributed by atoms with E-state index in [1.54, 1.807) is 13.8 Å². The van der Waals surface area contributed by atoms with Crippen molar-refractivity contribution >= 4 is 28.3 Å². The Kier molecular flexibility index (Phi) is 14.2. The lowest BCUT2D eigenvalue weighted by atomic mass is 9.80. The number of rotatable bonds is 16. The van der Waals surface area contributed by atoms with Crippen molar-refractivity contribution in [3.8, 4) is 0 Å². The molecule has 9 nitrogen and oxygen atoms in total. The molecule has 0 aromatic carbocycles. The zero-order chi connectivity index (χ0) is 31.6. The first-order valence-electron chi connectivity index (χ1n) is 16.7. The molecule has 0 bridgehead atoms. The average molecular weight is 623 g/mol. The van der Waals surface area contributed by atoms with E-state index < -0.39 is 29.8 Å². The molecule has 2 amide bonds. The topological polar surface area (TPSA) is 149 Å². The lowest BCUT2D eigenvalue weighted by Gasteiger charge is -2.43. The Bertz CT molecular complexity index is 984. The van der Waals surface area contributed by atoms with Gasteiger partial charge in [-0.1, -0.05) is 65.2 Å². The minimum Gasteiger partial charge on any atom is -0.390 e. The molecule has 2 aliphatic carbocycles. The number of carbonyl (C=O) groups excluding carboxylic acids is 2. The van der Waals surface area contributed by atoms with Crippen molar-refractivity contribution < 1.29 is 24.9 Å². The van der Waals surface area contributed by atoms with Crippen LogP contribution < -0.4 is 11.1 Å². The summed E-state index contributed by atoms with van der Waals surface area (Å²) in [6.45, 7) is 7.90. The summed E-state index contributed by atoms with van der Waals surface area (Å²) >= 11 is 1.31. The molecule has 1 aromatic rings. The van der Waals surface area contributed by atoms with E-state index >= 15 is 0 Å². The Morgan fingerprint density at radius 3 is 2.21 bits per heavy atom. The highest BCUT2D eigenvalue weighted by molar-refractivity contribution is 7.13. The van der Waals surface area contributed by atoms with Gasteiger partial charge in [0.1, 0.15) is 6.10 Å². The number of thiazole rings is 1. The highest BCUT2D eigenvalue weighted by Gasteiger charge is 2.40. The first-order valence-corrected chi connectivity index (χ1v) is 17.6. The molecule has 1 heterocycles. The van der Waals surface area contributed by atoms with E-state index in [2.05, 4.69) is 10.3 Å². The number of amides is 2. The van der Waals surface area contributed by atoms with Crippen LogP contribution in [0.25, 0.3) is 0 Å². The Labute approximate surface area is 263 Å². The molecule has 0 spiro atoms. The molecule has 1 aromatic heterocycles. The van der Waals surface area contributed by atoms with Gasteiger partial charge in [-0.25, -0.2) is 4.98 Å². The van der Waals surface area contributed by atoms with E-state index in [0.717, 1.165) is 51.4 Å². The largest absolute Gasteiger partial charge is 0.390 e. The standard InChI is InChI=1S/C33H58N4O5S/c1-22(2)15-28(38)30(40)27(16-23-11-7-5-8-12-23)37(19-24-13-9-6-10-14-24)31(41)25(17-26-20-43-32(34)36-26)18-29(39)35-21-33(3,4)42/h20,22-25,27-28,30,38,40,42H,5-19,21H2,1-4H3,(H2,34,36)(H,35,39)/t25-,27+,28+,30-/m1/s1. The minimum atomic E-state index is -1.08. The van der Waals surface area contributed by atoms with Crippen molar-refractivity contribution in [3.05, 3.63) is 11.1 Å². The predicted octanol–water partition coefficient (Wildman–Crippen LogP) is 4.68. The second-order valence-electron chi connectivity index (χ2n) is 14.4. The van der Waals surface area contributed by atoms with E-state index in [0.29, 0.717) is 42.0 Å². The van der Waals surface area contributed by atoms with Crippen molar-refractivity contribution in [2.45, 2.75) is 141 Å². The van der Waals surface area contributed by atoms with Crippen LogP contribution in [0.15, 0.2) is 5.38 Å². The molecule has 2 saturated carbocycles. The molecule has 2 fully saturated rings. The zero-order valence-electron chi connectivity index (χ0n) is 27.0. The highest BCUT2D eigenvalue weighted by Crippen LogP contribution is 2.34. The summed E-state index contributed by atoms with van der Waals surface area (Å²) < 4.78 is 0. The molecule has 0 saturated heterocycles. The summed E-state index contributed by atoms with van der Waals surface area (Å²) in [6.07, 6.45) is 10.4. The predicted molar refractivity (Wildman–Crippen MR) is 172 cm³/mol. The van der Waals surface area contributed by atoms with Crippen molar-refractivity contribution in [3.63, 3.8) is 0 Å². The van der Waals surface area contributed by atoms with Gasteiger partial charge in [0.05, 0.1) is 29.4 Å². The maximum absolute atomic E-state index is 14.7. The molecule has 4 atom stereocenters. The molecule has 6 N–H and O–H groups in total. The molecule has 0 unspecified atom stereocenters. The molecule has 0 aliphatic heterocycles. The Morgan fingerprint density at radius 2 is 1.67 bits per heavy atom. The first kappa shape index (κ1) is 35.7. The second-order valence-corrected chi connectivity index (χ2v) is 15.3. The van der Waals surface area contributed by atoms with Gasteiger partial charge in [0.25, 0.3) is 0 Å². The van der Waals surface area contributed by atoms with Crippen LogP contribution in [0.1, 0.15) is 117 Å². The van der Waals surface area contributed by atoms with Crippen LogP contribution in [0.2, 0.25) is 0 Å². The van der Waals surface area contributed by atoms with Crippen LogP contribution in [0.3, 0.4) is 0 Å². The van der Waals surface area contributed by atoms with Gasteiger partial charge in [0, 0.05) is 31.3 Å². The third-order valence-corrected chi connectivity index (χ3v) is 9.91. The minimum absolute atomic E-state index is 0.0612. The number of anilines is 1. The number of carbonyl (C=O) groups is 2. The Balaban J connectivity index is 1.96. The number of hydrogen-bond acceptors (Lipinski definition) is 8. The number of hydrogen-bond donors (Lipinski definition) is 5. The lowest BCUT2D eigenvalue weighted by Crippen LogP contribution is -2.55. The molecule has 3 rings (SSSR count). The number of nitrogens with zero attached hydrogens (tertiary/aromatic N) is 2. The third kappa shape index (κ3) is 12.3. The number of aromatic nitrogens is 1. The summed E-state index contributed by atoms with van der Waals surface area (Å²) in [6, 6.07) is -0.534. The highest BCUT2D eigenvalue weighted by atomic mass is 32.1. The van der Waals surface area contributed by atoms with Crippen LogP contribution >= 0.6 is 11.3 Å². The maximum atomic E-state index is 14.7. The molecular formula is C33H58N4O5S. The van der Waals surface area contributed by atoms with Gasteiger partial charge in [-0.05, 0) is 57.3 Å². The van der Waals surface area contributed by atoms with Gasteiger partial charge in [-0.2, -0.15) is 0 Å². The maximum Gasteiger partial charge on any atom is 0.226 e. The van der Waals surface area contributed by atoms with Gasteiger partial charge in [-0.3, -0.25) is 9.59 Å². The Hall–Kier alpha value is -1.75. The van der Waals surface area contributed by atoms with Gasteiger partial charge >= 0.3 is 0 Å². The van der Waals surface area contributed by atoms with Crippen molar-refractivity contribution in [1.29, 1.82) is 0 Å².